The van der Waals surface area contributed by atoms with Gasteiger partial charge in [-0.15, -0.1) is 0 Å². The van der Waals surface area contributed by atoms with Crippen molar-refractivity contribution in [2.75, 3.05) is 13.1 Å². The summed E-state index contributed by atoms with van der Waals surface area (Å²) >= 11 is 1.16. The molecule has 164 valence electrons. The average molecular weight is 436 g/mol. The maximum atomic E-state index is 13.3. The van der Waals surface area contributed by atoms with E-state index in [1.165, 1.54) is 11.8 Å². The van der Waals surface area contributed by atoms with Crippen molar-refractivity contribution in [3.05, 3.63) is 0 Å². The molecule has 29 heavy (non-hydrogen) atoms. The van der Waals surface area contributed by atoms with Crippen molar-refractivity contribution in [2.45, 2.75) is 62.8 Å². The third-order valence-corrected chi connectivity index (χ3v) is 6.33. The van der Waals surface area contributed by atoms with Gasteiger partial charge in [0.1, 0.15) is 18.6 Å². The van der Waals surface area contributed by atoms with Gasteiger partial charge in [0.2, 0.25) is 18.2 Å². The minimum absolute atomic E-state index is 0.107. The van der Waals surface area contributed by atoms with E-state index in [-0.39, 0.29) is 11.3 Å². The van der Waals surface area contributed by atoms with Crippen molar-refractivity contribution in [1.29, 1.82) is 0 Å². The molecule has 12 heteroatoms. The largest absolute Gasteiger partial charge is 0.465 e. The molecule has 2 aliphatic rings. The molecule has 0 aromatic heterocycles. The molecule has 1 heterocycles. The number of hydrogen-bond acceptors (Lipinski definition) is 5. The monoisotopic (exact) mass is 436 g/mol. The van der Waals surface area contributed by atoms with E-state index in [0.717, 1.165) is 24.8 Å². The summed E-state index contributed by atoms with van der Waals surface area (Å²) in [5.74, 6) is -3.44. The van der Waals surface area contributed by atoms with Gasteiger partial charge < -0.3 is 20.6 Å². The lowest BCUT2D eigenvalue weighted by atomic mass is 10.0. The average Bonchev–Trinajstić information content (AvgIpc) is 3.19. The molecule has 0 spiro atoms. The number of halogens is 2. The SMILES string of the molecule is C[C@@H](C(F)F)[C@@H](NC(=O)[C@@H]1CCCN1C(=O)CNC(=O)O)C(=O)NSC1(C)CC1. The Morgan fingerprint density at radius 1 is 1.28 bits per heavy atom. The fraction of sp³-hybridized carbons (Fsp3) is 0.765. The molecule has 0 aromatic rings. The predicted molar refractivity (Wildman–Crippen MR) is 101 cm³/mol. The van der Waals surface area contributed by atoms with Gasteiger partial charge in [0.25, 0.3) is 5.91 Å². The molecule has 1 aliphatic heterocycles. The van der Waals surface area contributed by atoms with Crippen LogP contribution in [0.3, 0.4) is 0 Å². The molecular formula is C17H26F2N4O5S. The lowest BCUT2D eigenvalue weighted by molar-refractivity contribution is -0.139. The maximum absolute atomic E-state index is 13.3. The van der Waals surface area contributed by atoms with E-state index in [9.17, 15) is 28.0 Å². The summed E-state index contributed by atoms with van der Waals surface area (Å²) < 4.78 is 29.0. The highest BCUT2D eigenvalue weighted by molar-refractivity contribution is 7.99. The Morgan fingerprint density at radius 2 is 1.93 bits per heavy atom. The Balaban J connectivity index is 2.02. The van der Waals surface area contributed by atoms with Crippen LogP contribution in [0.15, 0.2) is 0 Å². The molecule has 4 amide bonds. The van der Waals surface area contributed by atoms with Gasteiger partial charge >= 0.3 is 6.09 Å². The van der Waals surface area contributed by atoms with Gasteiger partial charge in [-0.2, -0.15) is 0 Å². The van der Waals surface area contributed by atoms with Gasteiger partial charge in [-0.1, -0.05) is 6.92 Å². The highest BCUT2D eigenvalue weighted by Gasteiger charge is 2.42. The summed E-state index contributed by atoms with van der Waals surface area (Å²) in [6, 6.07) is -2.39. The number of alkyl halides is 2. The smallest absolute Gasteiger partial charge is 0.405 e. The molecule has 1 saturated heterocycles. The standard InChI is InChI=1S/C17H26F2N4O5S/c1-9(13(18)19)12(15(26)22-29-17(2)5-6-17)21-14(25)10-4-3-7-23(10)11(24)8-20-16(27)28/h9-10,12-13,20H,3-8H2,1-2H3,(H,21,25)(H,22,26)(H,27,28)/t9-,10+,12-/m1/s1. The molecule has 0 radical (unpaired) electrons. The molecule has 4 N–H and O–H groups in total. The van der Waals surface area contributed by atoms with E-state index in [1.807, 2.05) is 12.2 Å². The Hall–Kier alpha value is -2.11. The number of carbonyl (C=O) groups excluding carboxylic acids is 3. The Kier molecular flexibility index (Phi) is 7.66. The van der Waals surface area contributed by atoms with E-state index in [2.05, 4.69) is 10.0 Å². The summed E-state index contributed by atoms with van der Waals surface area (Å²) in [5.41, 5.74) is 0. The molecule has 0 bridgehead atoms. The summed E-state index contributed by atoms with van der Waals surface area (Å²) in [4.78, 5) is 49.1. The minimum Gasteiger partial charge on any atom is -0.465 e. The fourth-order valence-corrected chi connectivity index (χ4v) is 3.72. The fourth-order valence-electron chi connectivity index (χ4n) is 2.94. The zero-order valence-corrected chi connectivity index (χ0v) is 17.1. The molecule has 2 fully saturated rings. The van der Waals surface area contributed by atoms with E-state index < -0.39 is 54.8 Å². The van der Waals surface area contributed by atoms with Gasteiger partial charge in [-0.3, -0.25) is 19.1 Å². The van der Waals surface area contributed by atoms with Crippen LogP contribution in [-0.2, 0) is 14.4 Å². The van der Waals surface area contributed by atoms with Crippen LogP contribution in [0, 0.1) is 5.92 Å². The Bertz CT molecular complexity index is 662. The number of hydrogen-bond donors (Lipinski definition) is 4. The summed E-state index contributed by atoms with van der Waals surface area (Å²) in [6.45, 7) is 2.86. The van der Waals surface area contributed by atoms with Crippen LogP contribution in [0.4, 0.5) is 13.6 Å². The number of nitrogens with zero attached hydrogens (tertiary/aromatic N) is 1. The van der Waals surface area contributed by atoms with Crippen LogP contribution in [0.5, 0.6) is 0 Å². The number of amides is 4. The molecule has 2 rings (SSSR count). The number of carbonyl (C=O) groups is 4. The third-order valence-electron chi connectivity index (χ3n) is 5.12. The zero-order chi connectivity index (χ0) is 21.8. The van der Waals surface area contributed by atoms with Gasteiger partial charge in [0.05, 0.1) is 0 Å². The van der Waals surface area contributed by atoms with Crippen LogP contribution in [-0.4, -0.2) is 70.2 Å². The topological polar surface area (TPSA) is 128 Å². The molecule has 9 nitrogen and oxygen atoms in total. The quantitative estimate of drug-likeness (QED) is 0.399. The van der Waals surface area contributed by atoms with Gasteiger partial charge in [0, 0.05) is 17.2 Å². The van der Waals surface area contributed by atoms with Crippen molar-refractivity contribution in [3.8, 4) is 0 Å². The minimum atomic E-state index is -2.83. The van der Waals surface area contributed by atoms with Crippen molar-refractivity contribution < 1.29 is 33.1 Å². The zero-order valence-electron chi connectivity index (χ0n) is 16.2. The highest BCUT2D eigenvalue weighted by atomic mass is 32.2. The van der Waals surface area contributed by atoms with Gasteiger partial charge in [-0.25, -0.2) is 13.6 Å². The van der Waals surface area contributed by atoms with E-state index >= 15 is 0 Å². The first-order chi connectivity index (χ1) is 13.5. The Labute approximate surface area is 171 Å². The first kappa shape index (κ1) is 23.2. The number of rotatable bonds is 9. The summed E-state index contributed by atoms with van der Waals surface area (Å²) in [5, 5.41) is 12.9. The highest BCUT2D eigenvalue weighted by Crippen LogP contribution is 2.46. The van der Waals surface area contributed by atoms with Gasteiger partial charge in [-0.05, 0) is 44.6 Å². The van der Waals surface area contributed by atoms with Crippen LogP contribution in [0.1, 0.15) is 39.5 Å². The van der Waals surface area contributed by atoms with Crippen LogP contribution in [0.25, 0.3) is 0 Å². The normalized spacial score (nSPS) is 22.0. The third kappa shape index (κ3) is 6.44. The van der Waals surface area contributed by atoms with Crippen LogP contribution < -0.4 is 15.4 Å². The second-order valence-corrected chi connectivity index (χ2v) is 9.00. The molecule has 3 atom stereocenters. The molecular weight excluding hydrogens is 410 g/mol. The predicted octanol–water partition coefficient (Wildman–Crippen LogP) is 0.948. The van der Waals surface area contributed by atoms with E-state index in [0.29, 0.717) is 12.8 Å². The second kappa shape index (κ2) is 9.59. The van der Waals surface area contributed by atoms with Crippen molar-refractivity contribution in [3.63, 3.8) is 0 Å². The van der Waals surface area contributed by atoms with Crippen LogP contribution >= 0.6 is 11.9 Å². The first-order valence-electron chi connectivity index (χ1n) is 9.37. The molecule has 0 aromatic carbocycles. The van der Waals surface area contributed by atoms with Gasteiger partial charge in [0.15, 0.2) is 0 Å². The van der Waals surface area contributed by atoms with Crippen molar-refractivity contribution in [2.24, 2.45) is 5.92 Å². The molecule has 1 saturated carbocycles. The summed E-state index contributed by atoms with van der Waals surface area (Å²) in [6.07, 6.45) is -1.58. The number of nitrogens with one attached hydrogen (secondary N) is 3. The Morgan fingerprint density at radius 3 is 2.48 bits per heavy atom. The number of carboxylic acid groups (broad SMARTS) is 1. The summed E-state index contributed by atoms with van der Waals surface area (Å²) in [7, 11) is 0. The van der Waals surface area contributed by atoms with Crippen LogP contribution in [0.2, 0.25) is 0 Å². The number of likely N-dealkylation sites (tertiary alicyclic amines) is 1. The second-order valence-electron chi connectivity index (χ2n) is 7.60. The molecule has 1 aliphatic carbocycles. The lowest BCUT2D eigenvalue weighted by Crippen LogP contribution is -2.56. The maximum Gasteiger partial charge on any atom is 0.405 e. The van der Waals surface area contributed by atoms with Crippen molar-refractivity contribution >= 4 is 35.8 Å². The first-order valence-corrected chi connectivity index (χ1v) is 10.2. The lowest BCUT2D eigenvalue weighted by Gasteiger charge is -2.28. The van der Waals surface area contributed by atoms with Crippen molar-refractivity contribution in [1.82, 2.24) is 20.3 Å². The van der Waals surface area contributed by atoms with E-state index in [4.69, 9.17) is 5.11 Å². The van der Waals surface area contributed by atoms with E-state index in [1.54, 1.807) is 0 Å². The molecule has 0 unspecified atom stereocenters.